The molecule has 0 saturated heterocycles. The van der Waals surface area contributed by atoms with Crippen molar-refractivity contribution in [3.05, 3.63) is 66.7 Å². The number of ether oxygens (including phenoxy) is 18. The Balaban J connectivity index is 1.14. The Kier molecular flexibility index (Phi) is 12.2. The van der Waals surface area contributed by atoms with E-state index in [2.05, 4.69) is 0 Å². The largest absolute Gasteiger partial charge is 0.496 e. The minimum atomic E-state index is 0.145. The third-order valence-corrected chi connectivity index (χ3v) is 10.0. The van der Waals surface area contributed by atoms with Crippen LogP contribution in [0.25, 0.3) is 0 Å². The maximum Gasteiger partial charge on any atom is 0.220 e. The normalized spacial score (nSPS) is 11.5. The van der Waals surface area contributed by atoms with E-state index in [0.29, 0.717) is 40.2 Å². The van der Waals surface area contributed by atoms with Gasteiger partial charge in [0, 0.05) is 66.7 Å². The number of hydrogen-bond acceptors (Lipinski definition) is 18. The lowest BCUT2D eigenvalue weighted by Crippen LogP contribution is -2.06. The van der Waals surface area contributed by atoms with Gasteiger partial charge in [0.15, 0.2) is 57.5 Å². The topological polar surface area (TPSA) is 166 Å². The van der Waals surface area contributed by atoms with Crippen molar-refractivity contribution in [2.45, 2.75) is 0 Å². The van der Waals surface area contributed by atoms with Crippen LogP contribution in [0.15, 0.2) is 66.7 Å². The first-order chi connectivity index (χ1) is 31.6. The predicted octanol–water partition coefficient (Wildman–Crippen LogP) is 11.0. The highest BCUT2D eigenvalue weighted by Gasteiger charge is 2.35. The molecule has 0 N–H and O–H groups in total. The van der Waals surface area contributed by atoms with E-state index in [-0.39, 0.29) is 103 Å². The van der Waals surface area contributed by atoms with Gasteiger partial charge in [-0.2, -0.15) is 0 Å². The second-order valence-electron chi connectivity index (χ2n) is 13.6. The molecule has 2 heterocycles. The smallest absolute Gasteiger partial charge is 0.220 e. The van der Waals surface area contributed by atoms with E-state index < -0.39 is 0 Å². The highest BCUT2D eigenvalue weighted by molar-refractivity contribution is 5.75. The van der Waals surface area contributed by atoms with Gasteiger partial charge in [-0.15, -0.1) is 0 Å². The Labute approximate surface area is 373 Å². The molecule has 8 rings (SSSR count). The van der Waals surface area contributed by atoms with E-state index in [1.165, 1.54) is 78.2 Å². The van der Waals surface area contributed by atoms with E-state index in [0.717, 1.165) is 0 Å². The van der Waals surface area contributed by atoms with Gasteiger partial charge in [0.1, 0.15) is 34.5 Å². The molecular weight excluding hydrogens is 852 g/mol. The fourth-order valence-corrected chi connectivity index (χ4v) is 6.90. The molecule has 0 aliphatic carbocycles. The summed E-state index contributed by atoms with van der Waals surface area (Å²) in [6.45, 7) is 0. The van der Waals surface area contributed by atoms with Gasteiger partial charge >= 0.3 is 0 Å². The van der Waals surface area contributed by atoms with Crippen LogP contribution in [0.1, 0.15) is 0 Å². The van der Waals surface area contributed by atoms with Crippen LogP contribution in [0.4, 0.5) is 0 Å². The van der Waals surface area contributed by atoms with Gasteiger partial charge in [-0.25, -0.2) is 0 Å². The van der Waals surface area contributed by atoms with Crippen LogP contribution in [0, 0.1) is 0 Å². The third-order valence-electron chi connectivity index (χ3n) is 10.0. The first-order valence-electron chi connectivity index (χ1n) is 19.4. The van der Waals surface area contributed by atoms with Gasteiger partial charge in [-0.1, -0.05) is 0 Å². The quantitative estimate of drug-likeness (QED) is 0.0846. The fourth-order valence-electron chi connectivity index (χ4n) is 6.90. The van der Waals surface area contributed by atoms with Gasteiger partial charge in [0.05, 0.1) is 78.2 Å². The van der Waals surface area contributed by atoms with E-state index in [9.17, 15) is 0 Å². The van der Waals surface area contributed by atoms with Gasteiger partial charge in [0.2, 0.25) is 51.7 Å². The van der Waals surface area contributed by atoms with Crippen molar-refractivity contribution < 1.29 is 85.3 Å². The summed E-state index contributed by atoms with van der Waals surface area (Å²) in [5.41, 5.74) is 0. The lowest BCUT2D eigenvalue weighted by Gasteiger charge is -2.27. The predicted molar refractivity (Wildman–Crippen MR) is 231 cm³/mol. The minimum absolute atomic E-state index is 0.145. The molecule has 18 heteroatoms. The Morgan fingerprint density at radius 3 is 0.938 bits per heavy atom. The summed E-state index contributed by atoms with van der Waals surface area (Å²) in [5, 5.41) is 0. The zero-order valence-corrected chi connectivity index (χ0v) is 37.2. The van der Waals surface area contributed by atoms with Crippen molar-refractivity contribution in [3.8, 4) is 144 Å². The molecule has 0 fully saturated rings. The van der Waals surface area contributed by atoms with Crippen LogP contribution >= 0.6 is 0 Å². The van der Waals surface area contributed by atoms with Crippen molar-refractivity contribution in [3.63, 3.8) is 0 Å². The first-order valence-corrected chi connectivity index (χ1v) is 19.4. The first kappa shape index (κ1) is 43.4. The van der Waals surface area contributed by atoms with Crippen LogP contribution in [0.3, 0.4) is 0 Å². The highest BCUT2D eigenvalue weighted by atomic mass is 16.6. The standard InChI is InChI=1S/C47H44O18/c1-48-23-12-24(49-2)14-26(13-23)60-42-33(55-8)21-36(58-11)45-46(42)65-41-32(54-7)19-28(20-38(41)63-45)59-39-30(52-5)17-27(18-31(39)53-6)61-43-34(56-9)22-35(57-10)44-47(43)64-40-29(51-4)15-25(50-3)16-37(40)62-44/h12-22H,1-11H3. The number of hydrogen-bond donors (Lipinski definition) is 0. The molecule has 2 aliphatic heterocycles. The molecule has 0 saturated carbocycles. The second kappa shape index (κ2) is 18.2. The van der Waals surface area contributed by atoms with Gasteiger partial charge < -0.3 is 85.3 Å². The number of rotatable bonds is 17. The number of fused-ring (bicyclic) bond motifs is 4. The molecule has 0 aromatic heterocycles. The van der Waals surface area contributed by atoms with E-state index in [1.54, 1.807) is 66.7 Å². The lowest BCUT2D eigenvalue weighted by molar-refractivity contribution is 0.287. The Bertz CT molecular complexity index is 2720. The molecule has 0 unspecified atom stereocenters. The van der Waals surface area contributed by atoms with Gasteiger partial charge in [-0.3, -0.25) is 0 Å². The van der Waals surface area contributed by atoms with Crippen LogP contribution in [-0.2, 0) is 0 Å². The van der Waals surface area contributed by atoms with Crippen molar-refractivity contribution in [1.82, 2.24) is 0 Å². The maximum absolute atomic E-state index is 6.52. The van der Waals surface area contributed by atoms with Crippen LogP contribution < -0.4 is 85.3 Å². The maximum atomic E-state index is 6.52. The van der Waals surface area contributed by atoms with Gasteiger partial charge in [0.25, 0.3) is 0 Å². The van der Waals surface area contributed by atoms with Crippen molar-refractivity contribution >= 4 is 0 Å². The molecule has 2 aliphatic rings. The lowest BCUT2D eigenvalue weighted by atomic mass is 10.2. The van der Waals surface area contributed by atoms with Crippen LogP contribution in [-0.4, -0.2) is 78.2 Å². The van der Waals surface area contributed by atoms with Crippen LogP contribution in [0.2, 0.25) is 0 Å². The van der Waals surface area contributed by atoms with Crippen LogP contribution in [0.5, 0.6) is 144 Å². The van der Waals surface area contributed by atoms with E-state index >= 15 is 0 Å². The Morgan fingerprint density at radius 1 is 0.231 bits per heavy atom. The summed E-state index contributed by atoms with van der Waals surface area (Å²) >= 11 is 0. The molecule has 0 atom stereocenters. The molecule has 65 heavy (non-hydrogen) atoms. The SMILES string of the molecule is COc1cc(OC)cc(Oc2c(OC)cc(OC)c3c2Oc2c(OC)cc(Oc4c(OC)cc(Oc5c(OC)cc(OC)c6c5Oc5c(OC)cc(OC)cc5O6)cc4OC)cc2O3)c1. The summed E-state index contributed by atoms with van der Waals surface area (Å²) in [5.74, 6) is 6.82. The van der Waals surface area contributed by atoms with Crippen molar-refractivity contribution in [2.24, 2.45) is 0 Å². The third kappa shape index (κ3) is 8.01. The molecule has 0 bridgehead atoms. The number of methoxy groups -OCH3 is 11. The summed E-state index contributed by atoms with van der Waals surface area (Å²) in [6.07, 6.45) is 0. The molecule has 18 nitrogen and oxygen atoms in total. The van der Waals surface area contributed by atoms with Crippen molar-refractivity contribution in [1.29, 1.82) is 0 Å². The number of benzene rings is 6. The average molecular weight is 897 g/mol. The average Bonchev–Trinajstić information content (AvgIpc) is 3.34. The Morgan fingerprint density at radius 2 is 0.523 bits per heavy atom. The molecule has 0 spiro atoms. The zero-order chi connectivity index (χ0) is 45.9. The molecule has 0 radical (unpaired) electrons. The summed E-state index contributed by atoms with van der Waals surface area (Å²) < 4.78 is 107. The molecule has 6 aromatic rings. The molecule has 340 valence electrons. The van der Waals surface area contributed by atoms with E-state index in [4.69, 9.17) is 85.3 Å². The molecule has 6 aromatic carbocycles. The Hall–Kier alpha value is -8.28. The minimum Gasteiger partial charge on any atom is -0.496 e. The monoisotopic (exact) mass is 896 g/mol. The van der Waals surface area contributed by atoms with Gasteiger partial charge in [-0.05, 0) is 0 Å². The highest BCUT2D eigenvalue weighted by Crippen LogP contribution is 2.63. The molecule has 0 amide bonds. The summed E-state index contributed by atoms with van der Waals surface area (Å²) in [6, 6.07) is 18.0. The summed E-state index contributed by atoms with van der Waals surface area (Å²) in [7, 11) is 16.5. The van der Waals surface area contributed by atoms with E-state index in [1.807, 2.05) is 0 Å². The summed E-state index contributed by atoms with van der Waals surface area (Å²) in [4.78, 5) is 0. The van der Waals surface area contributed by atoms with Crippen molar-refractivity contribution in [2.75, 3.05) is 78.2 Å². The zero-order valence-electron chi connectivity index (χ0n) is 37.2. The second-order valence-corrected chi connectivity index (χ2v) is 13.6. The molecular formula is C47H44O18. The fraction of sp³-hybridized carbons (Fsp3) is 0.234.